The molecule has 0 aliphatic carbocycles. The molecular weight excluding hydrogens is 470 g/mol. The van der Waals surface area contributed by atoms with Gasteiger partial charge < -0.3 is 15.0 Å². The minimum Gasteiger partial charge on any atom is -0.379 e. The highest BCUT2D eigenvalue weighted by atomic mass is 32.2. The smallest absolute Gasteiger partial charge is 0.261 e. The maximum absolute atomic E-state index is 14.0. The first-order valence-electron chi connectivity index (χ1n) is 10.2. The van der Waals surface area contributed by atoms with Gasteiger partial charge >= 0.3 is 0 Å². The SMILES string of the molecule is O=C(Nc1c[nH]nc1-c1nc2cc(S(=O)(=O)N3CCOCC3)ccc2[nH]1)c1c(F)cccc1F. The molecule has 5 rings (SSSR count). The molecule has 1 amide bonds. The number of nitrogens with one attached hydrogen (secondary N) is 3. The van der Waals surface area contributed by atoms with Crippen LogP contribution >= 0.6 is 0 Å². The molecule has 0 spiro atoms. The van der Waals surface area contributed by atoms with Crippen molar-refractivity contribution in [2.45, 2.75) is 4.90 Å². The highest BCUT2D eigenvalue weighted by molar-refractivity contribution is 7.89. The number of sulfonamides is 1. The number of imidazole rings is 1. The van der Waals surface area contributed by atoms with Crippen LogP contribution in [0.2, 0.25) is 0 Å². The van der Waals surface area contributed by atoms with Crippen LogP contribution in [0.1, 0.15) is 10.4 Å². The van der Waals surface area contributed by atoms with E-state index < -0.39 is 33.1 Å². The van der Waals surface area contributed by atoms with Crippen LogP contribution in [0.15, 0.2) is 47.5 Å². The van der Waals surface area contributed by atoms with Crippen molar-refractivity contribution >= 4 is 32.7 Å². The number of hydrogen-bond acceptors (Lipinski definition) is 6. The molecule has 1 fully saturated rings. The Bertz CT molecular complexity index is 1470. The summed E-state index contributed by atoms with van der Waals surface area (Å²) in [4.78, 5) is 20.0. The molecule has 2 aromatic carbocycles. The second kappa shape index (κ2) is 8.59. The summed E-state index contributed by atoms with van der Waals surface area (Å²) in [5.74, 6) is -2.77. The molecule has 10 nitrogen and oxygen atoms in total. The van der Waals surface area contributed by atoms with E-state index in [0.29, 0.717) is 24.2 Å². The Hall–Kier alpha value is -3.68. The predicted octanol–water partition coefficient (Wildman–Crippen LogP) is 2.50. The predicted molar refractivity (Wildman–Crippen MR) is 118 cm³/mol. The largest absolute Gasteiger partial charge is 0.379 e. The van der Waals surface area contributed by atoms with E-state index in [1.54, 1.807) is 6.07 Å². The molecule has 0 unspecified atom stereocenters. The molecule has 0 bridgehead atoms. The molecule has 0 saturated carbocycles. The van der Waals surface area contributed by atoms with Crippen molar-refractivity contribution in [3.63, 3.8) is 0 Å². The average Bonchev–Trinajstić information content (AvgIpc) is 3.45. The Labute approximate surface area is 192 Å². The zero-order chi connectivity index (χ0) is 23.9. The van der Waals surface area contributed by atoms with Crippen molar-refractivity contribution in [2.24, 2.45) is 0 Å². The van der Waals surface area contributed by atoms with Crippen LogP contribution in [-0.4, -0.2) is 65.1 Å². The van der Waals surface area contributed by atoms with Crippen LogP contribution in [0.3, 0.4) is 0 Å². The Balaban J connectivity index is 1.45. The molecule has 0 radical (unpaired) electrons. The Kier molecular flexibility index (Phi) is 5.59. The summed E-state index contributed by atoms with van der Waals surface area (Å²) in [6, 6.07) is 7.63. The zero-order valence-electron chi connectivity index (χ0n) is 17.5. The first-order valence-corrected chi connectivity index (χ1v) is 11.7. The second-order valence-electron chi connectivity index (χ2n) is 7.48. The monoisotopic (exact) mass is 488 g/mol. The fraction of sp³-hybridized carbons (Fsp3) is 0.190. The molecule has 0 atom stereocenters. The topological polar surface area (TPSA) is 133 Å². The number of carbonyl (C=O) groups excluding carboxylic acids is 1. The van der Waals surface area contributed by atoms with Crippen LogP contribution < -0.4 is 5.32 Å². The van der Waals surface area contributed by atoms with Crippen molar-refractivity contribution in [3.8, 4) is 11.5 Å². The summed E-state index contributed by atoms with van der Waals surface area (Å²) in [6.45, 7) is 1.20. The van der Waals surface area contributed by atoms with Gasteiger partial charge in [-0.2, -0.15) is 9.40 Å². The fourth-order valence-corrected chi connectivity index (χ4v) is 5.09. The number of aromatic amines is 2. The Morgan fingerprint density at radius 1 is 1.12 bits per heavy atom. The fourth-order valence-electron chi connectivity index (χ4n) is 3.66. The van der Waals surface area contributed by atoms with E-state index >= 15 is 0 Å². The molecule has 34 heavy (non-hydrogen) atoms. The number of rotatable bonds is 5. The van der Waals surface area contributed by atoms with E-state index in [4.69, 9.17) is 4.74 Å². The quantitative estimate of drug-likeness (QED) is 0.395. The van der Waals surface area contributed by atoms with Crippen molar-refractivity contribution < 1.29 is 26.7 Å². The Morgan fingerprint density at radius 2 is 1.85 bits per heavy atom. The minimum absolute atomic E-state index is 0.0885. The number of ether oxygens (including phenoxy) is 1. The summed E-state index contributed by atoms with van der Waals surface area (Å²) in [7, 11) is -3.71. The molecule has 1 aliphatic rings. The van der Waals surface area contributed by atoms with Crippen LogP contribution in [-0.2, 0) is 14.8 Å². The summed E-state index contributed by atoms with van der Waals surface area (Å²) in [5.41, 5.74) is 0.491. The highest BCUT2D eigenvalue weighted by Crippen LogP contribution is 2.28. The van der Waals surface area contributed by atoms with Crippen LogP contribution in [0.4, 0.5) is 14.5 Å². The van der Waals surface area contributed by atoms with Gasteiger partial charge in [0.1, 0.15) is 17.2 Å². The van der Waals surface area contributed by atoms with Crippen LogP contribution in [0, 0.1) is 11.6 Å². The highest BCUT2D eigenvalue weighted by Gasteiger charge is 2.27. The lowest BCUT2D eigenvalue weighted by Crippen LogP contribution is -2.40. The van der Waals surface area contributed by atoms with E-state index in [9.17, 15) is 22.0 Å². The minimum atomic E-state index is -3.71. The third-order valence-electron chi connectivity index (χ3n) is 5.37. The normalized spacial score (nSPS) is 15.0. The van der Waals surface area contributed by atoms with E-state index in [1.807, 2.05) is 0 Å². The second-order valence-corrected chi connectivity index (χ2v) is 9.42. The molecule has 4 aromatic rings. The lowest BCUT2D eigenvalue weighted by molar-refractivity contribution is 0.0730. The summed E-state index contributed by atoms with van der Waals surface area (Å²) in [6.07, 6.45) is 1.34. The van der Waals surface area contributed by atoms with Gasteiger partial charge in [-0.15, -0.1) is 0 Å². The van der Waals surface area contributed by atoms with Gasteiger partial charge in [-0.05, 0) is 30.3 Å². The number of anilines is 1. The summed E-state index contributed by atoms with van der Waals surface area (Å²) >= 11 is 0. The Morgan fingerprint density at radius 3 is 2.59 bits per heavy atom. The van der Waals surface area contributed by atoms with Gasteiger partial charge in [0.2, 0.25) is 10.0 Å². The number of fused-ring (bicyclic) bond motifs is 1. The number of halogens is 2. The van der Waals surface area contributed by atoms with Crippen molar-refractivity contribution in [3.05, 3.63) is 59.8 Å². The van der Waals surface area contributed by atoms with E-state index in [-0.39, 0.29) is 35.2 Å². The number of nitrogens with zero attached hydrogens (tertiary/aromatic N) is 3. The van der Waals surface area contributed by atoms with Crippen molar-refractivity contribution in [1.29, 1.82) is 0 Å². The maximum atomic E-state index is 14.0. The van der Waals surface area contributed by atoms with E-state index in [1.165, 1.54) is 22.6 Å². The number of hydrogen-bond donors (Lipinski definition) is 3. The molecule has 2 aromatic heterocycles. The summed E-state index contributed by atoms with van der Waals surface area (Å²) < 4.78 is 60.4. The number of carbonyl (C=O) groups is 1. The number of benzene rings is 2. The number of amides is 1. The molecule has 3 heterocycles. The zero-order valence-corrected chi connectivity index (χ0v) is 18.3. The molecule has 3 N–H and O–H groups in total. The molecule has 13 heteroatoms. The van der Waals surface area contributed by atoms with Gasteiger partial charge in [-0.1, -0.05) is 6.07 Å². The average molecular weight is 488 g/mol. The van der Waals surface area contributed by atoms with Crippen LogP contribution in [0.25, 0.3) is 22.6 Å². The number of aromatic nitrogens is 4. The van der Waals surface area contributed by atoms with Gasteiger partial charge in [0, 0.05) is 19.3 Å². The molecule has 1 aliphatic heterocycles. The van der Waals surface area contributed by atoms with Gasteiger partial charge in [0.25, 0.3) is 5.91 Å². The van der Waals surface area contributed by atoms with E-state index in [0.717, 1.165) is 18.2 Å². The standard InChI is InChI=1S/C21H18F2N6O4S/c22-13-2-1-3-14(23)18(13)21(30)27-17-11-24-28-19(17)20-25-15-5-4-12(10-16(15)26-20)34(31,32)29-6-8-33-9-7-29/h1-5,10-11H,6-9H2,(H,24,28)(H,25,26)(H,27,30). The number of morpholine rings is 1. The van der Waals surface area contributed by atoms with Crippen molar-refractivity contribution in [1.82, 2.24) is 24.5 Å². The summed E-state index contributed by atoms with van der Waals surface area (Å²) in [5, 5.41) is 9.06. The molecular formula is C21H18F2N6O4S. The van der Waals surface area contributed by atoms with E-state index in [2.05, 4.69) is 25.5 Å². The first-order chi connectivity index (χ1) is 16.3. The van der Waals surface area contributed by atoms with Gasteiger partial charge in [-0.25, -0.2) is 22.2 Å². The van der Waals surface area contributed by atoms with Gasteiger partial charge in [0.05, 0.1) is 34.8 Å². The molecule has 1 saturated heterocycles. The van der Waals surface area contributed by atoms with Gasteiger partial charge in [-0.3, -0.25) is 9.89 Å². The maximum Gasteiger partial charge on any atom is 0.261 e. The molecule has 176 valence electrons. The number of H-pyrrole nitrogens is 2. The lowest BCUT2D eigenvalue weighted by atomic mass is 10.2. The third kappa shape index (κ3) is 3.93. The third-order valence-corrected chi connectivity index (χ3v) is 7.26. The van der Waals surface area contributed by atoms with Gasteiger partial charge in [0.15, 0.2) is 11.5 Å². The first kappa shape index (κ1) is 22.1. The van der Waals surface area contributed by atoms with Crippen LogP contribution in [0.5, 0.6) is 0 Å². The lowest BCUT2D eigenvalue weighted by Gasteiger charge is -2.25. The van der Waals surface area contributed by atoms with Crippen molar-refractivity contribution in [2.75, 3.05) is 31.6 Å².